The van der Waals surface area contributed by atoms with Crippen LogP contribution in [0.4, 0.5) is 0 Å². The van der Waals surface area contributed by atoms with Gasteiger partial charge in [-0.25, -0.2) is 0 Å². The highest BCUT2D eigenvalue weighted by atomic mass is 35.5. The number of hydrogen-bond donors (Lipinski definition) is 0. The van der Waals surface area contributed by atoms with Crippen molar-refractivity contribution in [1.29, 1.82) is 0 Å². The fourth-order valence-corrected chi connectivity index (χ4v) is 0.204. The topological polar surface area (TPSA) is 18.5 Å². The zero-order chi connectivity index (χ0) is 7.54. The number of halogens is 1. The van der Waals surface area contributed by atoms with E-state index in [2.05, 4.69) is 4.74 Å². The number of ether oxygens (including phenoxy) is 2. The summed E-state index contributed by atoms with van der Waals surface area (Å²) in [6, 6.07) is 0.292. The number of hydrogen-bond acceptors (Lipinski definition) is 2. The summed E-state index contributed by atoms with van der Waals surface area (Å²) in [4.78, 5) is 0. The standard InChI is InChI=1S/C4H10O.C2H5ClO/c1-3-5-4-2;1-4-2-3/h3-4H2,1-2H3;2H2,1H3. The first-order chi connectivity index (χ1) is 4.33. The quantitative estimate of drug-likeness (QED) is 0.578. The smallest absolute Gasteiger partial charge is 0.120 e. The highest BCUT2D eigenvalue weighted by Gasteiger charge is 1.64. The molecule has 0 aromatic rings. The molecule has 0 N–H and O–H groups in total. The van der Waals surface area contributed by atoms with Crippen LogP contribution in [0.2, 0.25) is 0 Å². The van der Waals surface area contributed by atoms with Gasteiger partial charge in [0.2, 0.25) is 0 Å². The highest BCUT2D eigenvalue weighted by molar-refractivity contribution is 6.17. The van der Waals surface area contributed by atoms with Gasteiger partial charge in [-0.2, -0.15) is 0 Å². The van der Waals surface area contributed by atoms with Gasteiger partial charge in [0.05, 0.1) is 0 Å². The third-order valence-corrected chi connectivity index (χ3v) is 0.736. The summed E-state index contributed by atoms with van der Waals surface area (Å²) in [5.74, 6) is 0. The van der Waals surface area contributed by atoms with E-state index in [1.807, 2.05) is 13.8 Å². The van der Waals surface area contributed by atoms with Gasteiger partial charge in [-0.05, 0) is 13.8 Å². The minimum absolute atomic E-state index is 0.292. The molecule has 3 heteroatoms. The largest absolute Gasteiger partial charge is 0.382 e. The van der Waals surface area contributed by atoms with Crippen molar-refractivity contribution >= 4 is 11.6 Å². The molecule has 58 valence electrons. The van der Waals surface area contributed by atoms with Crippen molar-refractivity contribution < 1.29 is 9.47 Å². The lowest BCUT2D eigenvalue weighted by molar-refractivity contribution is 0.162. The Labute approximate surface area is 62.1 Å². The van der Waals surface area contributed by atoms with Crippen LogP contribution in [0.25, 0.3) is 0 Å². The summed E-state index contributed by atoms with van der Waals surface area (Å²) in [5.41, 5.74) is 0. The summed E-state index contributed by atoms with van der Waals surface area (Å²) < 4.78 is 9.14. The average Bonchev–Trinajstić information content (AvgIpc) is 1.91. The molecule has 0 atom stereocenters. The van der Waals surface area contributed by atoms with E-state index < -0.39 is 0 Å². The molecule has 0 spiro atoms. The van der Waals surface area contributed by atoms with Gasteiger partial charge in [0.25, 0.3) is 0 Å². The lowest BCUT2D eigenvalue weighted by Crippen LogP contribution is -1.84. The maximum absolute atomic E-state index is 4.96. The van der Waals surface area contributed by atoms with Gasteiger partial charge in [0, 0.05) is 20.3 Å². The number of methoxy groups -OCH3 is 1. The van der Waals surface area contributed by atoms with Crippen LogP contribution in [0.15, 0.2) is 0 Å². The Bertz CT molecular complexity index is 30.2. The Hall–Kier alpha value is 0.210. The zero-order valence-corrected chi connectivity index (χ0v) is 7.07. The number of alkyl halides is 1. The maximum Gasteiger partial charge on any atom is 0.120 e. The Balaban J connectivity index is 0. The second-order valence-electron chi connectivity index (χ2n) is 1.18. The molecule has 0 fully saturated rings. The predicted octanol–water partition coefficient (Wildman–Crippen LogP) is 1.87. The van der Waals surface area contributed by atoms with Gasteiger partial charge in [0.15, 0.2) is 0 Å². The molecule has 0 aliphatic heterocycles. The van der Waals surface area contributed by atoms with Gasteiger partial charge >= 0.3 is 0 Å². The average molecular weight is 155 g/mol. The van der Waals surface area contributed by atoms with E-state index in [0.717, 1.165) is 13.2 Å². The van der Waals surface area contributed by atoms with Gasteiger partial charge in [-0.1, -0.05) is 11.6 Å². The monoisotopic (exact) mass is 154 g/mol. The predicted molar refractivity (Wildman–Crippen MR) is 39.9 cm³/mol. The summed E-state index contributed by atoms with van der Waals surface area (Å²) >= 11 is 4.96. The molecule has 0 aliphatic rings. The summed E-state index contributed by atoms with van der Waals surface area (Å²) in [6.07, 6.45) is 0. The van der Waals surface area contributed by atoms with Crippen molar-refractivity contribution in [3.63, 3.8) is 0 Å². The molecule has 0 aromatic carbocycles. The van der Waals surface area contributed by atoms with Crippen LogP contribution in [-0.4, -0.2) is 26.4 Å². The fraction of sp³-hybridized carbons (Fsp3) is 1.00. The summed E-state index contributed by atoms with van der Waals surface area (Å²) in [6.45, 7) is 5.67. The van der Waals surface area contributed by atoms with Crippen LogP contribution >= 0.6 is 11.6 Å². The third-order valence-electron chi connectivity index (χ3n) is 0.517. The van der Waals surface area contributed by atoms with Crippen LogP contribution in [0, 0.1) is 0 Å². The van der Waals surface area contributed by atoms with E-state index in [0.29, 0.717) is 6.07 Å². The first-order valence-corrected chi connectivity index (χ1v) is 3.49. The molecule has 0 amide bonds. The Kier molecular flexibility index (Phi) is 20.9. The lowest BCUT2D eigenvalue weighted by atomic mass is 10.8. The Morgan fingerprint density at radius 2 is 1.56 bits per heavy atom. The van der Waals surface area contributed by atoms with E-state index in [1.54, 1.807) is 7.11 Å². The third kappa shape index (κ3) is 30.7. The van der Waals surface area contributed by atoms with Crippen molar-refractivity contribution in [2.24, 2.45) is 0 Å². The first-order valence-electron chi connectivity index (χ1n) is 2.96. The molecule has 0 rings (SSSR count). The van der Waals surface area contributed by atoms with Crippen molar-refractivity contribution in [3.8, 4) is 0 Å². The van der Waals surface area contributed by atoms with Crippen LogP contribution < -0.4 is 0 Å². The molecule has 0 aliphatic carbocycles. The van der Waals surface area contributed by atoms with Gasteiger partial charge in [-0.3, -0.25) is 0 Å². The van der Waals surface area contributed by atoms with Crippen molar-refractivity contribution in [3.05, 3.63) is 0 Å². The van der Waals surface area contributed by atoms with Crippen molar-refractivity contribution in [2.45, 2.75) is 13.8 Å². The van der Waals surface area contributed by atoms with Crippen LogP contribution in [0.1, 0.15) is 13.8 Å². The second kappa shape index (κ2) is 15.7. The minimum atomic E-state index is 0.292. The highest BCUT2D eigenvalue weighted by Crippen LogP contribution is 1.66. The molecule has 2 nitrogen and oxygen atoms in total. The SMILES string of the molecule is CCOCC.COCCl. The molecule has 0 aromatic heterocycles. The van der Waals surface area contributed by atoms with Crippen molar-refractivity contribution in [1.82, 2.24) is 0 Å². The van der Waals surface area contributed by atoms with E-state index in [-0.39, 0.29) is 0 Å². The maximum atomic E-state index is 4.96. The van der Waals surface area contributed by atoms with Gasteiger partial charge in [0.1, 0.15) is 6.07 Å². The zero-order valence-electron chi connectivity index (χ0n) is 6.32. The molecule has 0 saturated carbocycles. The minimum Gasteiger partial charge on any atom is -0.382 e. The van der Waals surface area contributed by atoms with Crippen LogP contribution in [0.3, 0.4) is 0 Å². The molecule has 9 heavy (non-hydrogen) atoms. The molecule has 0 saturated heterocycles. The Morgan fingerprint density at radius 1 is 1.22 bits per heavy atom. The fourth-order valence-electron chi connectivity index (χ4n) is 0.204. The van der Waals surface area contributed by atoms with Gasteiger partial charge < -0.3 is 9.47 Å². The molecular weight excluding hydrogens is 140 g/mol. The van der Waals surface area contributed by atoms with E-state index >= 15 is 0 Å². The van der Waals surface area contributed by atoms with Gasteiger partial charge in [-0.15, -0.1) is 0 Å². The van der Waals surface area contributed by atoms with Crippen LogP contribution in [0.5, 0.6) is 0 Å². The lowest BCUT2D eigenvalue weighted by Gasteiger charge is -1.86. The summed E-state index contributed by atoms with van der Waals surface area (Å²) in [7, 11) is 1.55. The van der Waals surface area contributed by atoms with E-state index in [4.69, 9.17) is 16.3 Å². The van der Waals surface area contributed by atoms with Crippen LogP contribution in [-0.2, 0) is 9.47 Å². The molecule has 0 radical (unpaired) electrons. The molecule has 0 heterocycles. The van der Waals surface area contributed by atoms with Crippen molar-refractivity contribution in [2.75, 3.05) is 26.4 Å². The number of rotatable bonds is 3. The molecule has 0 unspecified atom stereocenters. The first kappa shape index (κ1) is 11.9. The summed E-state index contributed by atoms with van der Waals surface area (Å²) in [5, 5.41) is 0. The van der Waals surface area contributed by atoms with E-state index in [1.165, 1.54) is 0 Å². The molecular formula is C6H15ClO2. The second-order valence-corrected chi connectivity index (χ2v) is 1.40. The Morgan fingerprint density at radius 3 is 1.56 bits per heavy atom. The van der Waals surface area contributed by atoms with E-state index in [9.17, 15) is 0 Å². The molecule has 0 bridgehead atoms. The normalized spacial score (nSPS) is 8.00.